The molecule has 2 atom stereocenters. The molecular weight excluding hydrogens is 316 g/mol. The van der Waals surface area contributed by atoms with Crippen molar-refractivity contribution in [3.8, 4) is 17.6 Å². The van der Waals surface area contributed by atoms with E-state index in [1.54, 1.807) is 6.07 Å². The van der Waals surface area contributed by atoms with E-state index in [-0.39, 0.29) is 11.9 Å². The minimum atomic E-state index is -0.608. The Morgan fingerprint density at radius 2 is 2.22 bits per heavy atom. The summed E-state index contributed by atoms with van der Waals surface area (Å²) < 4.78 is 10.8. The molecule has 1 rings (SSSR count). The van der Waals surface area contributed by atoms with Crippen LogP contribution in [0.5, 0.6) is 5.75 Å². The molecule has 1 N–H and O–H groups in total. The normalized spacial score (nSPS) is 12.7. The van der Waals surface area contributed by atoms with Gasteiger partial charge in [0.05, 0.1) is 23.9 Å². The summed E-state index contributed by atoms with van der Waals surface area (Å²) in [5.74, 6) is 6.21. The second-order valence-electron chi connectivity index (χ2n) is 4.85. The number of hydrogen-bond donors (Lipinski definition) is 1. The Kier molecular flexibility index (Phi) is 9.11. The molecule has 0 aliphatic heterocycles. The van der Waals surface area contributed by atoms with Gasteiger partial charge in [-0.15, -0.1) is 0 Å². The van der Waals surface area contributed by atoms with Gasteiger partial charge in [-0.2, -0.15) is 0 Å². The van der Waals surface area contributed by atoms with E-state index in [1.165, 1.54) is 12.4 Å². The van der Waals surface area contributed by atoms with Crippen molar-refractivity contribution in [2.24, 2.45) is 0 Å². The molecule has 1 heterocycles. The van der Waals surface area contributed by atoms with E-state index >= 15 is 0 Å². The average Bonchev–Trinajstić information content (AvgIpc) is 2.52. The molecule has 23 heavy (non-hydrogen) atoms. The SMILES string of the molecule is CCOCCC#CC(C)NC(=O)C(CC)Oc1cncc(Cl)c1. The van der Waals surface area contributed by atoms with E-state index in [0.29, 0.717) is 36.8 Å². The number of nitrogens with zero attached hydrogens (tertiary/aromatic N) is 1. The maximum atomic E-state index is 12.2. The zero-order valence-electron chi connectivity index (χ0n) is 13.8. The summed E-state index contributed by atoms with van der Waals surface area (Å²) in [6.07, 6.45) is 3.61. The smallest absolute Gasteiger partial charge is 0.262 e. The van der Waals surface area contributed by atoms with Crippen molar-refractivity contribution in [1.29, 1.82) is 0 Å². The second-order valence-corrected chi connectivity index (χ2v) is 5.29. The van der Waals surface area contributed by atoms with Crippen LogP contribution < -0.4 is 10.1 Å². The van der Waals surface area contributed by atoms with E-state index in [0.717, 1.165) is 0 Å². The van der Waals surface area contributed by atoms with Gasteiger partial charge in [-0.1, -0.05) is 30.4 Å². The summed E-state index contributed by atoms with van der Waals surface area (Å²) in [5, 5.41) is 3.29. The van der Waals surface area contributed by atoms with Crippen LogP contribution >= 0.6 is 11.6 Å². The number of pyridine rings is 1. The third-order valence-corrected chi connectivity index (χ3v) is 3.08. The lowest BCUT2D eigenvalue weighted by Crippen LogP contribution is -2.42. The molecule has 0 saturated carbocycles. The van der Waals surface area contributed by atoms with Gasteiger partial charge in [-0.25, -0.2) is 0 Å². The molecular formula is C17H23ClN2O3. The lowest BCUT2D eigenvalue weighted by molar-refractivity contribution is -0.128. The maximum absolute atomic E-state index is 12.2. The lowest BCUT2D eigenvalue weighted by Gasteiger charge is -2.18. The minimum absolute atomic E-state index is 0.209. The monoisotopic (exact) mass is 338 g/mol. The molecule has 0 aliphatic rings. The molecule has 0 aliphatic carbocycles. The van der Waals surface area contributed by atoms with Gasteiger partial charge in [0, 0.05) is 25.3 Å². The molecule has 0 spiro atoms. The molecule has 0 radical (unpaired) electrons. The zero-order chi connectivity index (χ0) is 17.1. The highest BCUT2D eigenvalue weighted by Crippen LogP contribution is 2.17. The molecule has 126 valence electrons. The molecule has 6 heteroatoms. The molecule has 2 unspecified atom stereocenters. The highest BCUT2D eigenvalue weighted by Gasteiger charge is 2.19. The highest BCUT2D eigenvalue weighted by atomic mass is 35.5. The Morgan fingerprint density at radius 1 is 1.43 bits per heavy atom. The van der Waals surface area contributed by atoms with Crippen LogP contribution in [0, 0.1) is 11.8 Å². The Morgan fingerprint density at radius 3 is 2.87 bits per heavy atom. The Bertz CT molecular complexity index is 554. The Labute approximate surface area is 142 Å². The predicted octanol–water partition coefficient (Wildman–Crippen LogP) is 2.83. The van der Waals surface area contributed by atoms with Crippen molar-refractivity contribution in [1.82, 2.24) is 10.3 Å². The second kappa shape index (κ2) is 10.9. The molecule has 0 saturated heterocycles. The molecule has 1 amide bonds. The van der Waals surface area contributed by atoms with Crippen molar-refractivity contribution >= 4 is 17.5 Å². The summed E-state index contributed by atoms with van der Waals surface area (Å²) in [6.45, 7) is 6.94. The van der Waals surface area contributed by atoms with E-state index in [4.69, 9.17) is 21.1 Å². The van der Waals surface area contributed by atoms with Crippen LogP contribution in [0.25, 0.3) is 0 Å². The summed E-state index contributed by atoms with van der Waals surface area (Å²) >= 11 is 5.86. The van der Waals surface area contributed by atoms with Gasteiger partial charge in [0.1, 0.15) is 5.75 Å². The first-order valence-corrected chi connectivity index (χ1v) is 8.08. The maximum Gasteiger partial charge on any atom is 0.262 e. The van der Waals surface area contributed by atoms with Crippen molar-refractivity contribution in [3.05, 3.63) is 23.5 Å². The van der Waals surface area contributed by atoms with Crippen LogP contribution in [0.2, 0.25) is 5.02 Å². The van der Waals surface area contributed by atoms with Gasteiger partial charge < -0.3 is 14.8 Å². The standard InChI is InChI=1S/C17H23ClN2O3/c1-4-16(23-15-10-14(18)11-19-12-15)17(21)20-13(3)8-6-7-9-22-5-2/h10-13,16H,4-5,7,9H2,1-3H3,(H,20,21). The highest BCUT2D eigenvalue weighted by molar-refractivity contribution is 6.30. The first-order valence-electron chi connectivity index (χ1n) is 7.70. The zero-order valence-corrected chi connectivity index (χ0v) is 14.5. The average molecular weight is 339 g/mol. The van der Waals surface area contributed by atoms with Gasteiger partial charge in [0.2, 0.25) is 0 Å². The van der Waals surface area contributed by atoms with E-state index < -0.39 is 6.10 Å². The number of carbonyl (C=O) groups is 1. The Balaban J connectivity index is 2.49. The van der Waals surface area contributed by atoms with Crippen molar-refractivity contribution in [2.75, 3.05) is 13.2 Å². The van der Waals surface area contributed by atoms with Gasteiger partial charge in [-0.05, 0) is 20.3 Å². The number of halogens is 1. The molecule has 0 bridgehead atoms. The van der Waals surface area contributed by atoms with Gasteiger partial charge >= 0.3 is 0 Å². The summed E-state index contributed by atoms with van der Waals surface area (Å²) in [6, 6.07) is 1.38. The molecule has 1 aromatic rings. The van der Waals surface area contributed by atoms with Crippen molar-refractivity contribution in [2.45, 2.75) is 45.8 Å². The topological polar surface area (TPSA) is 60.5 Å². The van der Waals surface area contributed by atoms with Gasteiger partial charge in [0.25, 0.3) is 5.91 Å². The lowest BCUT2D eigenvalue weighted by atomic mass is 10.2. The quantitative estimate of drug-likeness (QED) is 0.585. The van der Waals surface area contributed by atoms with E-state index in [2.05, 4.69) is 22.1 Å². The molecule has 1 aromatic heterocycles. The van der Waals surface area contributed by atoms with Gasteiger partial charge in [0.15, 0.2) is 6.10 Å². The van der Waals surface area contributed by atoms with Crippen LogP contribution in [0.15, 0.2) is 18.5 Å². The molecule has 5 nitrogen and oxygen atoms in total. The number of rotatable bonds is 8. The fourth-order valence-electron chi connectivity index (χ4n) is 1.78. The minimum Gasteiger partial charge on any atom is -0.479 e. The summed E-state index contributed by atoms with van der Waals surface area (Å²) in [7, 11) is 0. The number of amides is 1. The van der Waals surface area contributed by atoms with E-state index in [9.17, 15) is 4.79 Å². The van der Waals surface area contributed by atoms with Crippen molar-refractivity contribution < 1.29 is 14.3 Å². The number of aromatic nitrogens is 1. The third kappa shape index (κ3) is 7.87. The van der Waals surface area contributed by atoms with Crippen molar-refractivity contribution in [3.63, 3.8) is 0 Å². The molecule has 0 fully saturated rings. The summed E-state index contributed by atoms with van der Waals surface area (Å²) in [4.78, 5) is 16.2. The van der Waals surface area contributed by atoms with Crippen LogP contribution in [0.4, 0.5) is 0 Å². The largest absolute Gasteiger partial charge is 0.479 e. The number of nitrogens with one attached hydrogen (secondary N) is 1. The van der Waals surface area contributed by atoms with Gasteiger partial charge in [-0.3, -0.25) is 9.78 Å². The third-order valence-electron chi connectivity index (χ3n) is 2.87. The van der Waals surface area contributed by atoms with Crippen LogP contribution in [0.3, 0.4) is 0 Å². The Hall–Kier alpha value is -1.77. The number of ether oxygens (including phenoxy) is 2. The fraction of sp³-hybridized carbons (Fsp3) is 0.529. The van der Waals surface area contributed by atoms with Crippen LogP contribution in [-0.4, -0.2) is 36.3 Å². The number of carbonyl (C=O) groups excluding carboxylic acids is 1. The summed E-state index contributed by atoms with van der Waals surface area (Å²) in [5.41, 5.74) is 0. The fourth-order valence-corrected chi connectivity index (χ4v) is 1.94. The predicted molar refractivity (Wildman–Crippen MR) is 90.4 cm³/mol. The number of hydrogen-bond acceptors (Lipinski definition) is 4. The first kappa shape index (κ1) is 19.3. The van der Waals surface area contributed by atoms with Crippen LogP contribution in [0.1, 0.15) is 33.6 Å². The first-order chi connectivity index (χ1) is 11.1. The van der Waals surface area contributed by atoms with Crippen LogP contribution in [-0.2, 0) is 9.53 Å². The van der Waals surface area contributed by atoms with E-state index in [1.807, 2.05) is 20.8 Å². The molecule has 0 aromatic carbocycles.